The molecule has 1 amide bonds. The number of para-hydroxylation sites is 1. The van der Waals surface area contributed by atoms with Gasteiger partial charge in [0.05, 0.1) is 16.1 Å². The maximum atomic E-state index is 13.1. The third kappa shape index (κ3) is 5.85. The molecule has 1 aliphatic rings. The Balaban J connectivity index is 1.41. The summed E-state index contributed by atoms with van der Waals surface area (Å²) in [6, 6.07) is 22.5. The van der Waals surface area contributed by atoms with E-state index in [1.165, 1.54) is 5.56 Å². The van der Waals surface area contributed by atoms with Gasteiger partial charge in [-0.3, -0.25) is 14.4 Å². The molecule has 2 N–H and O–H groups in total. The van der Waals surface area contributed by atoms with Crippen molar-refractivity contribution in [1.82, 2.24) is 10.2 Å². The maximum Gasteiger partial charge on any atom is 0.262 e. The average molecular weight is 478 g/mol. The molecule has 6 nitrogen and oxygen atoms in total. The number of piperidine rings is 1. The summed E-state index contributed by atoms with van der Waals surface area (Å²) in [4.78, 5) is 15.7. The molecule has 1 fully saturated rings. The topological polar surface area (TPSA) is 78.5 Å². The monoisotopic (exact) mass is 477 g/mol. The number of likely N-dealkylation sites (tertiary alicyclic amines) is 1. The van der Waals surface area contributed by atoms with E-state index in [1.54, 1.807) is 43.3 Å². The van der Waals surface area contributed by atoms with Crippen molar-refractivity contribution < 1.29 is 13.2 Å². The molecular weight excluding hydrogens is 446 g/mol. The summed E-state index contributed by atoms with van der Waals surface area (Å²) in [6.45, 7) is 6.33. The highest BCUT2D eigenvalue weighted by Crippen LogP contribution is 2.24. The van der Waals surface area contributed by atoms with E-state index < -0.39 is 10.0 Å². The molecule has 1 heterocycles. The first kappa shape index (κ1) is 24.0. The third-order valence-electron chi connectivity index (χ3n) is 6.22. The highest BCUT2D eigenvalue weighted by atomic mass is 32.2. The van der Waals surface area contributed by atoms with E-state index in [2.05, 4.69) is 27.1 Å². The Morgan fingerprint density at radius 1 is 0.941 bits per heavy atom. The highest BCUT2D eigenvalue weighted by Gasteiger charge is 2.24. The predicted molar refractivity (Wildman–Crippen MR) is 135 cm³/mol. The molecule has 4 rings (SSSR count). The van der Waals surface area contributed by atoms with Crippen LogP contribution in [0.1, 0.15) is 39.9 Å². The average Bonchev–Trinajstić information content (AvgIpc) is 2.82. The van der Waals surface area contributed by atoms with Crippen molar-refractivity contribution in [2.24, 2.45) is 0 Å². The Morgan fingerprint density at radius 2 is 1.62 bits per heavy atom. The fourth-order valence-corrected chi connectivity index (χ4v) is 5.72. The Bertz CT molecular complexity index is 1250. The first-order valence-corrected chi connectivity index (χ1v) is 13.1. The van der Waals surface area contributed by atoms with Gasteiger partial charge in [-0.2, -0.15) is 0 Å². The van der Waals surface area contributed by atoms with Crippen LogP contribution in [-0.2, 0) is 16.6 Å². The fraction of sp³-hybridized carbons (Fsp3) is 0.296. The molecule has 34 heavy (non-hydrogen) atoms. The van der Waals surface area contributed by atoms with E-state index >= 15 is 0 Å². The van der Waals surface area contributed by atoms with Crippen LogP contribution in [0.3, 0.4) is 0 Å². The highest BCUT2D eigenvalue weighted by molar-refractivity contribution is 7.92. The van der Waals surface area contributed by atoms with Crippen LogP contribution in [0.15, 0.2) is 77.7 Å². The van der Waals surface area contributed by atoms with Crippen molar-refractivity contribution in [1.29, 1.82) is 0 Å². The number of sulfonamides is 1. The van der Waals surface area contributed by atoms with Crippen molar-refractivity contribution >= 4 is 21.6 Å². The maximum absolute atomic E-state index is 13.1. The minimum atomic E-state index is -3.83. The lowest BCUT2D eigenvalue weighted by Gasteiger charge is -2.32. The van der Waals surface area contributed by atoms with Crippen LogP contribution in [0.4, 0.5) is 5.69 Å². The van der Waals surface area contributed by atoms with Gasteiger partial charge in [-0.05, 0) is 61.6 Å². The molecule has 0 aliphatic carbocycles. The lowest BCUT2D eigenvalue weighted by molar-refractivity contribution is 0.0910. The second-order valence-electron chi connectivity index (χ2n) is 8.93. The van der Waals surface area contributed by atoms with Crippen LogP contribution >= 0.6 is 0 Å². The van der Waals surface area contributed by atoms with Crippen molar-refractivity contribution in [2.75, 3.05) is 17.8 Å². The lowest BCUT2D eigenvalue weighted by Crippen LogP contribution is -2.44. The summed E-state index contributed by atoms with van der Waals surface area (Å²) in [7, 11) is -3.83. The zero-order chi connectivity index (χ0) is 24.1. The first-order chi connectivity index (χ1) is 16.3. The number of aryl methyl sites for hydroxylation is 2. The van der Waals surface area contributed by atoms with Gasteiger partial charge in [-0.25, -0.2) is 8.42 Å². The van der Waals surface area contributed by atoms with Gasteiger partial charge >= 0.3 is 0 Å². The van der Waals surface area contributed by atoms with E-state index in [9.17, 15) is 13.2 Å². The predicted octanol–water partition coefficient (Wildman–Crippen LogP) is 4.50. The molecule has 1 aliphatic heterocycles. The van der Waals surface area contributed by atoms with Crippen LogP contribution in [-0.4, -0.2) is 38.4 Å². The van der Waals surface area contributed by atoms with E-state index in [1.807, 2.05) is 31.2 Å². The molecule has 0 radical (unpaired) electrons. The fourth-order valence-electron chi connectivity index (χ4n) is 4.31. The van der Waals surface area contributed by atoms with Crippen LogP contribution in [0.2, 0.25) is 0 Å². The molecule has 0 spiro atoms. The molecule has 1 saturated heterocycles. The van der Waals surface area contributed by atoms with E-state index in [-0.39, 0.29) is 22.5 Å². The largest absolute Gasteiger partial charge is 0.349 e. The van der Waals surface area contributed by atoms with Crippen molar-refractivity contribution in [3.63, 3.8) is 0 Å². The summed E-state index contributed by atoms with van der Waals surface area (Å²) in [6.07, 6.45) is 1.71. The number of nitrogens with one attached hydrogen (secondary N) is 2. The SMILES string of the molecule is Cc1ccc(C)c(S(=O)(=O)Nc2ccccc2C(=O)NC2CCN(Cc3ccccc3)CC2)c1. The van der Waals surface area contributed by atoms with Crippen LogP contribution in [0.25, 0.3) is 0 Å². The Labute approximate surface area is 202 Å². The van der Waals surface area contributed by atoms with Gasteiger partial charge < -0.3 is 5.32 Å². The number of benzene rings is 3. The van der Waals surface area contributed by atoms with Crippen molar-refractivity contribution in [2.45, 2.75) is 44.2 Å². The van der Waals surface area contributed by atoms with Gasteiger partial charge in [-0.1, -0.05) is 54.6 Å². The molecule has 3 aromatic rings. The molecule has 0 aromatic heterocycles. The second kappa shape index (κ2) is 10.4. The molecule has 7 heteroatoms. The quantitative estimate of drug-likeness (QED) is 0.525. The Kier molecular flexibility index (Phi) is 7.34. The Hall–Kier alpha value is -3.16. The summed E-state index contributed by atoms with van der Waals surface area (Å²) in [5.41, 5.74) is 3.40. The summed E-state index contributed by atoms with van der Waals surface area (Å²) in [5, 5.41) is 3.11. The van der Waals surface area contributed by atoms with Gasteiger partial charge in [-0.15, -0.1) is 0 Å². The van der Waals surface area contributed by atoms with Crippen LogP contribution < -0.4 is 10.0 Å². The molecular formula is C27H31N3O3S. The van der Waals surface area contributed by atoms with Crippen LogP contribution in [0.5, 0.6) is 0 Å². The van der Waals surface area contributed by atoms with Crippen LogP contribution in [0, 0.1) is 13.8 Å². The van der Waals surface area contributed by atoms with E-state index in [4.69, 9.17) is 0 Å². The molecule has 0 saturated carbocycles. The number of nitrogens with zero attached hydrogens (tertiary/aromatic N) is 1. The van der Waals surface area contributed by atoms with Gasteiger partial charge in [0.1, 0.15) is 0 Å². The van der Waals surface area contributed by atoms with Crippen molar-refractivity contribution in [3.8, 4) is 0 Å². The molecule has 0 atom stereocenters. The van der Waals surface area contributed by atoms with Gasteiger partial charge in [0.25, 0.3) is 15.9 Å². The zero-order valence-electron chi connectivity index (χ0n) is 19.6. The number of rotatable bonds is 7. The summed E-state index contributed by atoms with van der Waals surface area (Å²) >= 11 is 0. The van der Waals surface area contributed by atoms with Crippen molar-refractivity contribution in [3.05, 3.63) is 95.1 Å². The minimum Gasteiger partial charge on any atom is -0.349 e. The summed E-state index contributed by atoms with van der Waals surface area (Å²) < 4.78 is 28.8. The van der Waals surface area contributed by atoms with Gasteiger partial charge in [0.15, 0.2) is 0 Å². The normalized spacial score (nSPS) is 15.1. The summed E-state index contributed by atoms with van der Waals surface area (Å²) in [5.74, 6) is -0.263. The van der Waals surface area contributed by atoms with Gasteiger partial charge in [0.2, 0.25) is 0 Å². The third-order valence-corrected chi connectivity index (χ3v) is 7.73. The molecule has 0 unspecified atom stereocenters. The molecule has 3 aromatic carbocycles. The molecule has 0 bridgehead atoms. The minimum absolute atomic E-state index is 0.0585. The standard InChI is InChI=1S/C27H31N3O3S/c1-20-12-13-21(2)26(18-20)34(32,33)29-25-11-7-6-10-24(25)27(31)28-23-14-16-30(17-15-23)19-22-8-4-3-5-9-22/h3-13,18,23,29H,14-17,19H2,1-2H3,(H,28,31). The second-order valence-corrected chi connectivity index (χ2v) is 10.6. The Morgan fingerprint density at radius 3 is 2.35 bits per heavy atom. The number of amides is 1. The van der Waals surface area contributed by atoms with E-state index in [0.717, 1.165) is 38.0 Å². The first-order valence-electron chi connectivity index (χ1n) is 11.6. The lowest BCUT2D eigenvalue weighted by atomic mass is 10.0. The smallest absolute Gasteiger partial charge is 0.262 e. The molecule has 178 valence electrons. The number of carbonyl (C=O) groups is 1. The number of anilines is 1. The van der Waals surface area contributed by atoms with E-state index in [0.29, 0.717) is 11.1 Å². The number of hydrogen-bond donors (Lipinski definition) is 2. The number of carbonyl (C=O) groups excluding carboxylic acids is 1. The number of hydrogen-bond acceptors (Lipinski definition) is 4. The zero-order valence-corrected chi connectivity index (χ0v) is 20.4. The van der Waals surface area contributed by atoms with Gasteiger partial charge in [0, 0.05) is 25.7 Å².